The first kappa shape index (κ1) is 15.2. The molecule has 0 aromatic rings. The van der Waals surface area contributed by atoms with Crippen LogP contribution in [0.15, 0.2) is 4.99 Å². The Hall–Kier alpha value is -1.83. The third kappa shape index (κ3) is 7.12. The number of amides is 1. The van der Waals surface area contributed by atoms with Crippen molar-refractivity contribution in [3.63, 3.8) is 0 Å². The number of aliphatic carboxylic acids is 1. The van der Waals surface area contributed by atoms with Crippen molar-refractivity contribution in [1.82, 2.24) is 5.32 Å². The van der Waals surface area contributed by atoms with Gasteiger partial charge in [-0.2, -0.15) is 0 Å². The van der Waals surface area contributed by atoms with Gasteiger partial charge in [0.05, 0.1) is 6.04 Å². The summed E-state index contributed by atoms with van der Waals surface area (Å²) >= 11 is 0. The summed E-state index contributed by atoms with van der Waals surface area (Å²) in [7, 11) is 0. The number of carboxylic acids is 1. The second-order valence-corrected chi connectivity index (χ2v) is 3.64. The van der Waals surface area contributed by atoms with E-state index in [0.29, 0.717) is 13.0 Å². The van der Waals surface area contributed by atoms with E-state index in [0.717, 1.165) is 0 Å². The van der Waals surface area contributed by atoms with Gasteiger partial charge in [-0.1, -0.05) is 0 Å². The molecule has 8 nitrogen and oxygen atoms in total. The molecule has 0 aliphatic rings. The summed E-state index contributed by atoms with van der Waals surface area (Å²) in [6.07, 6.45) is 0.693. The fraction of sp³-hybridized carbons (Fsp3) is 0.667. The first-order valence-electron chi connectivity index (χ1n) is 5.18. The smallest absolute Gasteiger partial charge is 0.326 e. The number of rotatable bonds is 7. The van der Waals surface area contributed by atoms with Crippen molar-refractivity contribution in [2.75, 3.05) is 6.54 Å². The number of nitrogens with two attached hydrogens (primary N) is 3. The molecule has 0 radical (unpaired) electrons. The van der Waals surface area contributed by atoms with E-state index in [1.54, 1.807) is 0 Å². The maximum absolute atomic E-state index is 11.2. The normalized spacial score (nSPS) is 13.5. The highest BCUT2D eigenvalue weighted by molar-refractivity contribution is 5.86. The summed E-state index contributed by atoms with van der Waals surface area (Å²) in [4.78, 5) is 25.8. The Bertz CT molecular complexity index is 299. The van der Waals surface area contributed by atoms with Crippen molar-refractivity contribution in [3.05, 3.63) is 0 Å². The van der Waals surface area contributed by atoms with E-state index in [2.05, 4.69) is 10.3 Å². The van der Waals surface area contributed by atoms with Crippen LogP contribution in [0.4, 0.5) is 0 Å². The summed E-state index contributed by atoms with van der Waals surface area (Å²) < 4.78 is 0. The number of hydrogen-bond acceptors (Lipinski definition) is 4. The Morgan fingerprint density at radius 2 is 2.00 bits per heavy atom. The van der Waals surface area contributed by atoms with Crippen LogP contribution in [-0.4, -0.2) is 41.6 Å². The standard InChI is InChI=1S/C9H19N5O3/c1-5(10)7(15)14-6(8(16)17)3-2-4-13-9(11)12/h5-6H,2-4,10H2,1H3,(H,14,15)(H,16,17)(H4,11,12,13)/t5-,6+/m1/s1. The molecule has 0 heterocycles. The summed E-state index contributed by atoms with van der Waals surface area (Å²) in [6.45, 7) is 1.80. The van der Waals surface area contributed by atoms with Gasteiger partial charge in [-0.15, -0.1) is 0 Å². The SMILES string of the molecule is C[C@@H](N)C(=O)N[C@@H](CCCN=C(N)N)C(=O)O. The van der Waals surface area contributed by atoms with Gasteiger partial charge in [0, 0.05) is 6.54 Å². The van der Waals surface area contributed by atoms with E-state index < -0.39 is 24.0 Å². The molecule has 0 saturated carbocycles. The minimum atomic E-state index is -1.11. The van der Waals surface area contributed by atoms with Crippen molar-refractivity contribution >= 4 is 17.8 Å². The van der Waals surface area contributed by atoms with Crippen LogP contribution in [0.2, 0.25) is 0 Å². The highest BCUT2D eigenvalue weighted by Gasteiger charge is 2.20. The number of guanidine groups is 1. The maximum Gasteiger partial charge on any atom is 0.326 e. The molecule has 0 aromatic heterocycles. The third-order valence-electron chi connectivity index (χ3n) is 1.97. The topological polar surface area (TPSA) is 157 Å². The fourth-order valence-corrected chi connectivity index (χ4v) is 1.06. The van der Waals surface area contributed by atoms with Gasteiger partial charge in [0.1, 0.15) is 6.04 Å². The van der Waals surface area contributed by atoms with Gasteiger partial charge < -0.3 is 27.6 Å². The lowest BCUT2D eigenvalue weighted by atomic mass is 10.1. The second-order valence-electron chi connectivity index (χ2n) is 3.64. The van der Waals surface area contributed by atoms with E-state index in [1.807, 2.05) is 0 Å². The Balaban J connectivity index is 4.13. The van der Waals surface area contributed by atoms with Crippen molar-refractivity contribution in [3.8, 4) is 0 Å². The lowest BCUT2D eigenvalue weighted by Gasteiger charge is -2.15. The number of nitrogens with one attached hydrogen (secondary N) is 1. The molecule has 8 heteroatoms. The van der Waals surface area contributed by atoms with Gasteiger partial charge in [-0.05, 0) is 19.8 Å². The average Bonchev–Trinajstić information content (AvgIpc) is 2.21. The van der Waals surface area contributed by atoms with Gasteiger partial charge in [0.15, 0.2) is 5.96 Å². The van der Waals surface area contributed by atoms with Gasteiger partial charge in [0.2, 0.25) is 5.91 Å². The Morgan fingerprint density at radius 3 is 2.41 bits per heavy atom. The molecule has 17 heavy (non-hydrogen) atoms. The number of aliphatic imine (C=N–C) groups is 1. The third-order valence-corrected chi connectivity index (χ3v) is 1.97. The van der Waals surface area contributed by atoms with Crippen LogP contribution in [0.25, 0.3) is 0 Å². The molecule has 0 rings (SSSR count). The molecule has 0 bridgehead atoms. The lowest BCUT2D eigenvalue weighted by molar-refractivity contribution is -0.142. The minimum absolute atomic E-state index is 0.0449. The molecule has 0 fully saturated rings. The molecular weight excluding hydrogens is 226 g/mol. The lowest BCUT2D eigenvalue weighted by Crippen LogP contribution is -2.47. The quantitative estimate of drug-likeness (QED) is 0.197. The zero-order chi connectivity index (χ0) is 13.4. The number of carboxylic acid groups (broad SMARTS) is 1. The maximum atomic E-state index is 11.2. The summed E-state index contributed by atoms with van der Waals surface area (Å²) in [5.74, 6) is -1.65. The van der Waals surface area contributed by atoms with Gasteiger partial charge in [0.25, 0.3) is 0 Å². The number of carbonyl (C=O) groups excluding carboxylic acids is 1. The van der Waals surface area contributed by atoms with Crippen molar-refractivity contribution in [2.24, 2.45) is 22.2 Å². The fourth-order valence-electron chi connectivity index (χ4n) is 1.06. The Morgan fingerprint density at radius 1 is 1.41 bits per heavy atom. The number of nitrogens with zero attached hydrogens (tertiary/aromatic N) is 1. The first-order chi connectivity index (χ1) is 7.84. The predicted octanol–water partition coefficient (Wildman–Crippen LogP) is -2.04. The van der Waals surface area contributed by atoms with Crippen LogP contribution in [-0.2, 0) is 9.59 Å². The highest BCUT2D eigenvalue weighted by Crippen LogP contribution is 1.99. The molecular formula is C9H19N5O3. The molecule has 0 unspecified atom stereocenters. The molecule has 0 aliphatic carbocycles. The first-order valence-corrected chi connectivity index (χ1v) is 5.18. The van der Waals surface area contributed by atoms with E-state index in [1.165, 1.54) is 6.92 Å². The largest absolute Gasteiger partial charge is 0.480 e. The predicted molar refractivity (Wildman–Crippen MR) is 63.1 cm³/mol. The van der Waals surface area contributed by atoms with Crippen molar-refractivity contribution in [2.45, 2.75) is 31.8 Å². The zero-order valence-electron chi connectivity index (χ0n) is 9.72. The van der Waals surface area contributed by atoms with Crippen LogP contribution in [0.1, 0.15) is 19.8 Å². The molecule has 1 amide bonds. The van der Waals surface area contributed by atoms with E-state index in [-0.39, 0.29) is 12.4 Å². The van der Waals surface area contributed by atoms with Crippen LogP contribution < -0.4 is 22.5 Å². The Labute approximate surface area is 99.2 Å². The summed E-state index contributed by atoms with van der Waals surface area (Å²) in [6, 6.07) is -1.71. The van der Waals surface area contributed by atoms with Crippen molar-refractivity contribution in [1.29, 1.82) is 0 Å². The summed E-state index contributed by atoms with van der Waals surface area (Å²) in [5.41, 5.74) is 15.5. The van der Waals surface area contributed by atoms with Crippen LogP contribution >= 0.6 is 0 Å². The van der Waals surface area contributed by atoms with Crippen molar-refractivity contribution < 1.29 is 14.7 Å². The van der Waals surface area contributed by atoms with E-state index >= 15 is 0 Å². The molecule has 8 N–H and O–H groups in total. The number of carbonyl (C=O) groups is 2. The zero-order valence-corrected chi connectivity index (χ0v) is 9.72. The summed E-state index contributed by atoms with van der Waals surface area (Å²) in [5, 5.41) is 11.2. The Kier molecular flexibility index (Phi) is 6.64. The molecule has 98 valence electrons. The average molecular weight is 245 g/mol. The van der Waals surface area contributed by atoms with E-state index in [9.17, 15) is 9.59 Å². The second kappa shape index (κ2) is 7.44. The van der Waals surface area contributed by atoms with E-state index in [4.69, 9.17) is 22.3 Å². The molecule has 0 aliphatic heterocycles. The van der Waals surface area contributed by atoms with Gasteiger partial charge in [-0.25, -0.2) is 4.79 Å². The molecule has 0 spiro atoms. The van der Waals surface area contributed by atoms with Crippen LogP contribution in [0, 0.1) is 0 Å². The van der Waals surface area contributed by atoms with Gasteiger partial charge >= 0.3 is 5.97 Å². The monoisotopic (exact) mass is 245 g/mol. The van der Waals surface area contributed by atoms with Crippen LogP contribution in [0.5, 0.6) is 0 Å². The highest BCUT2D eigenvalue weighted by atomic mass is 16.4. The molecule has 0 saturated heterocycles. The van der Waals surface area contributed by atoms with Gasteiger partial charge in [-0.3, -0.25) is 9.79 Å². The number of hydrogen-bond donors (Lipinski definition) is 5. The molecule has 2 atom stereocenters. The molecule has 0 aromatic carbocycles. The minimum Gasteiger partial charge on any atom is -0.480 e. The van der Waals surface area contributed by atoms with Crippen LogP contribution in [0.3, 0.4) is 0 Å².